The van der Waals surface area contributed by atoms with Crippen LogP contribution < -0.4 is 10.1 Å². The highest BCUT2D eigenvalue weighted by molar-refractivity contribution is 5.27. The molecule has 0 fully saturated rings. The molecule has 1 aromatic carbocycles. The summed E-state index contributed by atoms with van der Waals surface area (Å²) in [4.78, 5) is 0. The van der Waals surface area contributed by atoms with Gasteiger partial charge in [0.2, 0.25) is 0 Å². The minimum absolute atomic E-state index is 0.276. The number of benzene rings is 1. The van der Waals surface area contributed by atoms with Gasteiger partial charge in [0.25, 0.3) is 0 Å². The van der Waals surface area contributed by atoms with Crippen LogP contribution in [-0.2, 0) is 6.54 Å². The summed E-state index contributed by atoms with van der Waals surface area (Å²) in [5.74, 6) is 1.61. The molecular formula is C16H27NO2. The zero-order chi connectivity index (χ0) is 13.9. The Morgan fingerprint density at radius 2 is 1.84 bits per heavy atom. The van der Waals surface area contributed by atoms with Crippen molar-refractivity contribution in [3.8, 4) is 5.75 Å². The van der Waals surface area contributed by atoms with Crippen molar-refractivity contribution >= 4 is 0 Å². The monoisotopic (exact) mass is 265 g/mol. The van der Waals surface area contributed by atoms with Crippen LogP contribution >= 0.6 is 0 Å². The Hall–Kier alpha value is -1.06. The van der Waals surface area contributed by atoms with Crippen molar-refractivity contribution in [1.82, 2.24) is 5.32 Å². The average Bonchev–Trinajstić information content (AvgIpc) is 2.40. The van der Waals surface area contributed by atoms with Gasteiger partial charge in [0, 0.05) is 13.2 Å². The predicted octanol–water partition coefficient (Wildman–Crippen LogP) is 2.97. The van der Waals surface area contributed by atoms with Gasteiger partial charge in [0.15, 0.2) is 0 Å². The number of aliphatic hydroxyl groups is 1. The van der Waals surface area contributed by atoms with Gasteiger partial charge < -0.3 is 15.2 Å². The highest BCUT2D eigenvalue weighted by atomic mass is 16.5. The van der Waals surface area contributed by atoms with E-state index in [-0.39, 0.29) is 6.61 Å². The molecule has 3 heteroatoms. The Morgan fingerprint density at radius 3 is 2.47 bits per heavy atom. The van der Waals surface area contributed by atoms with Crippen LogP contribution in [0.15, 0.2) is 24.3 Å². The fourth-order valence-corrected chi connectivity index (χ4v) is 1.79. The maximum absolute atomic E-state index is 8.67. The number of ether oxygens (including phenoxy) is 1. The Bertz CT molecular complexity index is 322. The van der Waals surface area contributed by atoms with E-state index in [2.05, 4.69) is 31.3 Å². The lowest BCUT2D eigenvalue weighted by Gasteiger charge is -2.09. The van der Waals surface area contributed by atoms with Crippen LogP contribution in [0.4, 0.5) is 0 Å². The molecule has 0 spiro atoms. The van der Waals surface area contributed by atoms with E-state index in [1.54, 1.807) is 0 Å². The fraction of sp³-hybridized carbons (Fsp3) is 0.625. The number of unbranched alkanes of at least 4 members (excludes halogenated alkanes) is 2. The Labute approximate surface area is 117 Å². The molecule has 1 rings (SSSR count). The van der Waals surface area contributed by atoms with Crippen molar-refractivity contribution in [2.45, 2.75) is 39.7 Å². The zero-order valence-corrected chi connectivity index (χ0v) is 12.2. The van der Waals surface area contributed by atoms with Crippen molar-refractivity contribution in [2.24, 2.45) is 5.92 Å². The van der Waals surface area contributed by atoms with Gasteiger partial charge in [0.1, 0.15) is 5.75 Å². The lowest BCUT2D eigenvalue weighted by molar-refractivity contribution is 0.266. The molecule has 0 heterocycles. The van der Waals surface area contributed by atoms with Gasteiger partial charge in [-0.15, -0.1) is 0 Å². The van der Waals surface area contributed by atoms with Gasteiger partial charge in [-0.1, -0.05) is 26.0 Å². The lowest BCUT2D eigenvalue weighted by atomic mass is 10.2. The number of nitrogens with one attached hydrogen (secondary N) is 1. The molecule has 0 amide bonds. The normalized spacial score (nSPS) is 10.9. The summed E-state index contributed by atoms with van der Waals surface area (Å²) in [6, 6.07) is 8.27. The van der Waals surface area contributed by atoms with Crippen LogP contribution in [0.5, 0.6) is 5.75 Å². The molecule has 0 aliphatic carbocycles. The van der Waals surface area contributed by atoms with Gasteiger partial charge in [0.05, 0.1) is 6.61 Å². The second-order valence-electron chi connectivity index (χ2n) is 5.30. The number of hydrogen-bond donors (Lipinski definition) is 2. The molecule has 0 saturated carbocycles. The van der Waals surface area contributed by atoms with Gasteiger partial charge in [-0.2, -0.15) is 0 Å². The Kier molecular flexibility index (Phi) is 8.26. The summed E-state index contributed by atoms with van der Waals surface area (Å²) in [5, 5.41) is 12.1. The highest BCUT2D eigenvalue weighted by Gasteiger charge is 1.97. The summed E-state index contributed by atoms with van der Waals surface area (Å²) < 4.78 is 5.65. The first-order valence-corrected chi connectivity index (χ1v) is 7.25. The van der Waals surface area contributed by atoms with E-state index in [1.807, 2.05) is 12.1 Å². The Balaban J connectivity index is 2.19. The van der Waals surface area contributed by atoms with Gasteiger partial charge >= 0.3 is 0 Å². The third kappa shape index (κ3) is 7.85. The van der Waals surface area contributed by atoms with Crippen molar-refractivity contribution < 1.29 is 9.84 Å². The van der Waals surface area contributed by atoms with E-state index in [0.29, 0.717) is 5.92 Å². The molecular weight excluding hydrogens is 238 g/mol. The Morgan fingerprint density at radius 1 is 1.11 bits per heavy atom. The number of aliphatic hydroxyl groups excluding tert-OH is 1. The predicted molar refractivity (Wildman–Crippen MR) is 79.4 cm³/mol. The van der Waals surface area contributed by atoms with Crippen molar-refractivity contribution in [3.05, 3.63) is 29.8 Å². The summed E-state index contributed by atoms with van der Waals surface area (Å²) in [6.07, 6.45) is 2.88. The van der Waals surface area contributed by atoms with E-state index in [0.717, 1.165) is 44.7 Å². The first-order chi connectivity index (χ1) is 9.22. The van der Waals surface area contributed by atoms with Gasteiger partial charge in [-0.3, -0.25) is 0 Å². The summed E-state index contributed by atoms with van der Waals surface area (Å²) >= 11 is 0. The lowest BCUT2D eigenvalue weighted by Crippen LogP contribution is -2.18. The average molecular weight is 265 g/mol. The third-order valence-corrected chi connectivity index (χ3v) is 2.88. The smallest absolute Gasteiger partial charge is 0.119 e. The second kappa shape index (κ2) is 9.82. The van der Waals surface area contributed by atoms with Crippen molar-refractivity contribution in [3.63, 3.8) is 0 Å². The van der Waals surface area contributed by atoms with Gasteiger partial charge in [-0.25, -0.2) is 0 Å². The van der Waals surface area contributed by atoms with Crippen molar-refractivity contribution in [1.29, 1.82) is 0 Å². The first-order valence-electron chi connectivity index (χ1n) is 7.25. The molecule has 0 atom stereocenters. The van der Waals surface area contributed by atoms with E-state index in [9.17, 15) is 0 Å². The molecule has 0 radical (unpaired) electrons. The van der Waals surface area contributed by atoms with Crippen LogP contribution in [0, 0.1) is 5.92 Å². The molecule has 1 aromatic rings. The van der Waals surface area contributed by atoms with Crippen LogP contribution in [0.25, 0.3) is 0 Å². The SMILES string of the molecule is CC(C)CNCc1ccc(OCCCCCO)cc1. The molecule has 108 valence electrons. The van der Waals surface area contributed by atoms with E-state index < -0.39 is 0 Å². The molecule has 0 unspecified atom stereocenters. The molecule has 3 nitrogen and oxygen atoms in total. The van der Waals surface area contributed by atoms with E-state index in [1.165, 1.54) is 5.56 Å². The van der Waals surface area contributed by atoms with Crippen molar-refractivity contribution in [2.75, 3.05) is 19.8 Å². The minimum Gasteiger partial charge on any atom is -0.494 e. The quantitative estimate of drug-likeness (QED) is 0.639. The van der Waals surface area contributed by atoms with Crippen LogP contribution in [0.2, 0.25) is 0 Å². The third-order valence-electron chi connectivity index (χ3n) is 2.88. The van der Waals surface area contributed by atoms with Gasteiger partial charge in [-0.05, 0) is 49.4 Å². The molecule has 0 aliphatic rings. The number of rotatable bonds is 10. The minimum atomic E-state index is 0.276. The van der Waals surface area contributed by atoms with E-state index >= 15 is 0 Å². The summed E-state index contributed by atoms with van der Waals surface area (Å²) in [7, 11) is 0. The van der Waals surface area contributed by atoms with Crippen LogP contribution in [0.3, 0.4) is 0 Å². The molecule has 0 aliphatic heterocycles. The molecule has 0 saturated heterocycles. The zero-order valence-electron chi connectivity index (χ0n) is 12.2. The number of hydrogen-bond acceptors (Lipinski definition) is 3. The standard InChI is InChI=1S/C16H27NO2/c1-14(2)12-17-13-15-6-8-16(9-7-15)19-11-5-3-4-10-18/h6-9,14,17-18H,3-5,10-13H2,1-2H3. The molecule has 0 aromatic heterocycles. The molecule has 2 N–H and O–H groups in total. The molecule has 0 bridgehead atoms. The fourth-order valence-electron chi connectivity index (χ4n) is 1.79. The highest BCUT2D eigenvalue weighted by Crippen LogP contribution is 2.12. The second-order valence-corrected chi connectivity index (χ2v) is 5.30. The molecule has 19 heavy (non-hydrogen) atoms. The summed E-state index contributed by atoms with van der Waals surface area (Å²) in [5.41, 5.74) is 1.29. The first kappa shape index (κ1) is 16.0. The van der Waals surface area contributed by atoms with E-state index in [4.69, 9.17) is 9.84 Å². The maximum Gasteiger partial charge on any atom is 0.119 e. The largest absolute Gasteiger partial charge is 0.494 e. The summed E-state index contributed by atoms with van der Waals surface area (Å²) in [6.45, 7) is 7.38. The van der Waals surface area contributed by atoms with Crippen LogP contribution in [0.1, 0.15) is 38.7 Å². The van der Waals surface area contributed by atoms with Crippen LogP contribution in [-0.4, -0.2) is 24.9 Å². The maximum atomic E-state index is 8.67. The topological polar surface area (TPSA) is 41.5 Å².